The molecular weight excluding hydrogens is 193 g/mol. The van der Waals surface area contributed by atoms with Crippen LogP contribution in [0.25, 0.3) is 0 Å². The van der Waals surface area contributed by atoms with E-state index in [1.54, 1.807) is 6.20 Å². The molecule has 1 unspecified atom stereocenters. The zero-order chi connectivity index (χ0) is 12.2. The largest absolute Gasteiger partial charge is 0.405 e. The maximum Gasteiger partial charge on any atom is 0.135 e. The predicted octanol–water partition coefficient (Wildman–Crippen LogP) is 3.36. The predicted molar refractivity (Wildman–Crippen MR) is 77.1 cm³/mol. The van der Waals surface area contributed by atoms with Gasteiger partial charge in [0.05, 0.1) is 0 Å². The van der Waals surface area contributed by atoms with E-state index in [1.165, 1.54) is 44.0 Å². The lowest BCUT2D eigenvalue weighted by Crippen LogP contribution is -2.04. The van der Waals surface area contributed by atoms with Crippen molar-refractivity contribution in [1.29, 1.82) is 0 Å². The molecule has 16 heavy (non-hydrogen) atoms. The SMILES string of the molecule is B/C(=C\N)CC(CCC=C)CCCCCC. The van der Waals surface area contributed by atoms with Crippen molar-refractivity contribution in [3.05, 3.63) is 24.3 Å². The third kappa shape index (κ3) is 8.64. The minimum absolute atomic E-state index is 0.801. The van der Waals surface area contributed by atoms with Crippen molar-refractivity contribution in [3.8, 4) is 0 Å². The van der Waals surface area contributed by atoms with Crippen molar-refractivity contribution in [2.45, 2.75) is 58.3 Å². The van der Waals surface area contributed by atoms with Gasteiger partial charge in [0.25, 0.3) is 0 Å². The van der Waals surface area contributed by atoms with Gasteiger partial charge in [-0.25, -0.2) is 0 Å². The number of hydrogen-bond donors (Lipinski definition) is 1. The second kappa shape index (κ2) is 10.8. The molecule has 0 aromatic heterocycles. The highest BCUT2D eigenvalue weighted by molar-refractivity contribution is 6.21. The number of nitrogens with two attached hydrogens (primary N) is 1. The highest BCUT2D eigenvalue weighted by Gasteiger charge is 2.08. The maximum atomic E-state index is 5.54. The van der Waals surface area contributed by atoms with Crippen LogP contribution in [0.2, 0.25) is 0 Å². The molecule has 0 rings (SSSR count). The van der Waals surface area contributed by atoms with Crippen LogP contribution in [0.1, 0.15) is 58.3 Å². The first-order valence-corrected chi connectivity index (χ1v) is 6.72. The van der Waals surface area contributed by atoms with Crippen molar-refractivity contribution in [2.24, 2.45) is 11.7 Å². The zero-order valence-corrected chi connectivity index (χ0v) is 11.2. The average Bonchev–Trinajstić information content (AvgIpc) is 2.30. The molecule has 0 radical (unpaired) electrons. The molecule has 1 atom stereocenters. The highest BCUT2D eigenvalue weighted by atomic mass is 14.5. The molecule has 0 aliphatic carbocycles. The van der Waals surface area contributed by atoms with Crippen molar-refractivity contribution < 1.29 is 0 Å². The average molecular weight is 221 g/mol. The van der Waals surface area contributed by atoms with Crippen molar-refractivity contribution >= 4 is 7.85 Å². The van der Waals surface area contributed by atoms with Gasteiger partial charge < -0.3 is 5.73 Å². The molecule has 2 N–H and O–H groups in total. The lowest BCUT2D eigenvalue weighted by atomic mass is 9.82. The van der Waals surface area contributed by atoms with Gasteiger partial charge in [-0.2, -0.15) is 0 Å². The Kier molecular flexibility index (Phi) is 10.4. The fraction of sp³-hybridized carbons (Fsp3) is 0.714. The first-order valence-electron chi connectivity index (χ1n) is 6.72. The molecule has 1 nitrogen and oxygen atoms in total. The van der Waals surface area contributed by atoms with Crippen LogP contribution < -0.4 is 5.73 Å². The van der Waals surface area contributed by atoms with Gasteiger partial charge in [0.15, 0.2) is 0 Å². The van der Waals surface area contributed by atoms with Gasteiger partial charge in [0.2, 0.25) is 0 Å². The monoisotopic (exact) mass is 221 g/mol. The minimum Gasteiger partial charge on any atom is -0.405 e. The van der Waals surface area contributed by atoms with Gasteiger partial charge in [-0.1, -0.05) is 50.6 Å². The molecular formula is C14H28BN. The molecule has 0 bridgehead atoms. The smallest absolute Gasteiger partial charge is 0.135 e. The summed E-state index contributed by atoms with van der Waals surface area (Å²) in [4.78, 5) is 0. The summed E-state index contributed by atoms with van der Waals surface area (Å²) in [6.45, 7) is 6.06. The Morgan fingerprint density at radius 2 is 2.06 bits per heavy atom. The Morgan fingerprint density at radius 1 is 1.31 bits per heavy atom. The third-order valence-electron chi connectivity index (χ3n) is 3.14. The van der Waals surface area contributed by atoms with E-state index in [9.17, 15) is 0 Å². The van der Waals surface area contributed by atoms with Crippen molar-refractivity contribution in [2.75, 3.05) is 0 Å². The third-order valence-corrected chi connectivity index (χ3v) is 3.14. The minimum atomic E-state index is 0.801. The van der Waals surface area contributed by atoms with Crippen molar-refractivity contribution in [1.82, 2.24) is 0 Å². The molecule has 0 aromatic rings. The van der Waals surface area contributed by atoms with Crippen molar-refractivity contribution in [3.63, 3.8) is 0 Å². The summed E-state index contributed by atoms with van der Waals surface area (Å²) >= 11 is 0. The lowest BCUT2D eigenvalue weighted by molar-refractivity contribution is 0.430. The Morgan fingerprint density at radius 3 is 2.62 bits per heavy atom. The second-order valence-electron chi connectivity index (χ2n) is 4.80. The summed E-state index contributed by atoms with van der Waals surface area (Å²) < 4.78 is 0. The normalized spacial score (nSPS) is 13.7. The van der Waals surface area contributed by atoms with Crippen LogP contribution in [0.5, 0.6) is 0 Å². The standard InChI is InChI=1S/C14H28BN/c1-3-5-7-8-10-13(9-6-4-2)11-14(15)12-16/h4,12-13H,2-3,5-11,15-16H2,1H3/b14-12-. The van der Waals surface area contributed by atoms with Crippen LogP contribution in [0.4, 0.5) is 0 Å². The fourth-order valence-corrected chi connectivity index (χ4v) is 2.09. The van der Waals surface area contributed by atoms with Gasteiger partial charge in [-0.3, -0.25) is 0 Å². The molecule has 0 aliphatic rings. The van der Waals surface area contributed by atoms with Crippen LogP contribution in [-0.2, 0) is 0 Å². The van der Waals surface area contributed by atoms with Gasteiger partial charge in [0.1, 0.15) is 7.85 Å². The molecule has 0 fully saturated rings. The molecule has 2 heteroatoms. The van der Waals surface area contributed by atoms with E-state index in [0.717, 1.165) is 18.8 Å². The second-order valence-corrected chi connectivity index (χ2v) is 4.80. The number of unbranched alkanes of at least 4 members (excludes halogenated alkanes) is 3. The Balaban J connectivity index is 3.84. The quantitative estimate of drug-likeness (QED) is 0.341. The zero-order valence-electron chi connectivity index (χ0n) is 11.2. The molecule has 0 amide bonds. The van der Waals surface area contributed by atoms with Gasteiger partial charge >= 0.3 is 0 Å². The van der Waals surface area contributed by atoms with Crippen LogP contribution in [0, 0.1) is 5.92 Å². The topological polar surface area (TPSA) is 26.0 Å². The highest BCUT2D eigenvalue weighted by Crippen LogP contribution is 2.22. The molecule has 0 saturated carbocycles. The summed E-state index contributed by atoms with van der Waals surface area (Å²) in [6, 6.07) is 0. The van der Waals surface area contributed by atoms with E-state index in [1.807, 2.05) is 6.08 Å². The van der Waals surface area contributed by atoms with Gasteiger partial charge in [0, 0.05) is 0 Å². The summed E-state index contributed by atoms with van der Waals surface area (Å²) in [7, 11) is 2.13. The Bertz CT molecular complexity index is 199. The lowest BCUT2D eigenvalue weighted by Gasteiger charge is -2.16. The van der Waals surface area contributed by atoms with E-state index in [2.05, 4.69) is 21.3 Å². The van der Waals surface area contributed by atoms with E-state index in [0.29, 0.717) is 0 Å². The van der Waals surface area contributed by atoms with E-state index >= 15 is 0 Å². The molecule has 0 heterocycles. The van der Waals surface area contributed by atoms with Crippen LogP contribution >= 0.6 is 0 Å². The van der Waals surface area contributed by atoms with Crippen LogP contribution in [0.3, 0.4) is 0 Å². The maximum absolute atomic E-state index is 5.54. The van der Waals surface area contributed by atoms with E-state index in [-0.39, 0.29) is 0 Å². The molecule has 0 aliphatic heterocycles. The van der Waals surface area contributed by atoms with Gasteiger partial charge in [-0.05, 0) is 31.4 Å². The molecule has 92 valence electrons. The molecule has 0 spiro atoms. The van der Waals surface area contributed by atoms with Crippen LogP contribution in [-0.4, -0.2) is 7.85 Å². The van der Waals surface area contributed by atoms with E-state index in [4.69, 9.17) is 5.73 Å². The number of rotatable bonds is 10. The fourth-order valence-electron chi connectivity index (χ4n) is 2.09. The Hall–Kier alpha value is -0.655. The summed E-state index contributed by atoms with van der Waals surface area (Å²) in [5.41, 5.74) is 6.87. The first-order chi connectivity index (χ1) is 7.74. The molecule has 0 saturated heterocycles. The molecule has 0 aromatic carbocycles. The first kappa shape index (κ1) is 15.3. The number of allylic oxidation sites excluding steroid dienone is 2. The summed E-state index contributed by atoms with van der Waals surface area (Å²) in [5.74, 6) is 0.801. The van der Waals surface area contributed by atoms with Gasteiger partial charge in [-0.15, -0.1) is 6.58 Å². The summed E-state index contributed by atoms with van der Waals surface area (Å²) in [6.07, 6.45) is 14.1. The Labute approximate surface area is 103 Å². The summed E-state index contributed by atoms with van der Waals surface area (Å²) in [5, 5.41) is 0. The number of hydrogen-bond acceptors (Lipinski definition) is 1. The van der Waals surface area contributed by atoms with E-state index < -0.39 is 0 Å². The van der Waals surface area contributed by atoms with Crippen LogP contribution in [0.15, 0.2) is 24.3 Å².